The van der Waals surface area contributed by atoms with Crippen LogP contribution < -0.4 is 5.32 Å². The first-order chi connectivity index (χ1) is 10.4. The molecule has 1 amide bonds. The lowest BCUT2D eigenvalue weighted by Gasteiger charge is -2.08. The van der Waals surface area contributed by atoms with Gasteiger partial charge in [0.1, 0.15) is 5.75 Å². The van der Waals surface area contributed by atoms with Gasteiger partial charge in [0.2, 0.25) is 15.7 Å². The van der Waals surface area contributed by atoms with Crippen molar-refractivity contribution in [3.8, 4) is 0 Å². The van der Waals surface area contributed by atoms with Gasteiger partial charge in [-0.05, 0) is 29.8 Å². The van der Waals surface area contributed by atoms with E-state index in [1.165, 1.54) is 12.3 Å². The average Bonchev–Trinajstić information content (AvgIpc) is 2.47. The molecule has 1 N–H and O–H groups in total. The summed E-state index contributed by atoms with van der Waals surface area (Å²) in [5.41, 5.74) is 0.648. The highest BCUT2D eigenvalue weighted by Crippen LogP contribution is 2.20. The van der Waals surface area contributed by atoms with Gasteiger partial charge >= 0.3 is 0 Å². The van der Waals surface area contributed by atoms with E-state index in [9.17, 15) is 13.2 Å². The van der Waals surface area contributed by atoms with Crippen LogP contribution in [0, 0.1) is 0 Å². The SMILES string of the molecule is O=C(CS(=O)(=O)c1ccccn1)NCc1ccc(Cl)cc1Cl. The van der Waals surface area contributed by atoms with E-state index in [0.29, 0.717) is 15.6 Å². The van der Waals surface area contributed by atoms with Crippen LogP contribution in [0.15, 0.2) is 47.6 Å². The largest absolute Gasteiger partial charge is 0.351 e. The molecular weight excluding hydrogens is 347 g/mol. The molecule has 2 aromatic rings. The van der Waals surface area contributed by atoms with E-state index in [1.807, 2.05) is 0 Å². The Morgan fingerprint density at radius 2 is 1.95 bits per heavy atom. The summed E-state index contributed by atoms with van der Waals surface area (Å²) in [5, 5.41) is 3.27. The number of hydrogen-bond donors (Lipinski definition) is 1. The number of pyridine rings is 1. The average molecular weight is 359 g/mol. The number of carbonyl (C=O) groups excluding carboxylic acids is 1. The van der Waals surface area contributed by atoms with Crippen LogP contribution in [0.4, 0.5) is 0 Å². The van der Waals surface area contributed by atoms with Gasteiger partial charge in [0.05, 0.1) is 0 Å². The van der Waals surface area contributed by atoms with Crippen molar-refractivity contribution in [1.82, 2.24) is 10.3 Å². The molecule has 0 unspecified atom stereocenters. The molecule has 5 nitrogen and oxygen atoms in total. The predicted octanol–water partition coefficient (Wildman–Crippen LogP) is 2.48. The van der Waals surface area contributed by atoms with Crippen molar-refractivity contribution in [1.29, 1.82) is 0 Å². The molecule has 116 valence electrons. The van der Waals surface area contributed by atoms with Crippen LogP contribution in [0.5, 0.6) is 0 Å². The molecule has 0 aliphatic rings. The zero-order chi connectivity index (χ0) is 16.2. The number of rotatable bonds is 5. The molecule has 1 heterocycles. The zero-order valence-corrected chi connectivity index (χ0v) is 13.6. The number of halogens is 2. The first-order valence-corrected chi connectivity index (χ1v) is 8.64. The van der Waals surface area contributed by atoms with Crippen LogP contribution in [0.2, 0.25) is 10.0 Å². The molecular formula is C14H12Cl2N2O3S. The summed E-state index contributed by atoms with van der Waals surface area (Å²) in [6, 6.07) is 9.35. The molecule has 0 saturated carbocycles. The first-order valence-electron chi connectivity index (χ1n) is 6.23. The number of aromatic nitrogens is 1. The van der Waals surface area contributed by atoms with Gasteiger partial charge in [0, 0.05) is 22.8 Å². The maximum Gasteiger partial charge on any atom is 0.235 e. The number of amides is 1. The topological polar surface area (TPSA) is 76.1 Å². The molecule has 0 aliphatic carbocycles. The van der Waals surface area contributed by atoms with Gasteiger partial charge in [-0.15, -0.1) is 0 Å². The Morgan fingerprint density at radius 3 is 2.59 bits per heavy atom. The molecule has 0 fully saturated rings. The second-order valence-electron chi connectivity index (χ2n) is 4.44. The lowest BCUT2D eigenvalue weighted by Crippen LogP contribution is -2.30. The van der Waals surface area contributed by atoms with Gasteiger partial charge in [-0.2, -0.15) is 0 Å². The summed E-state index contributed by atoms with van der Waals surface area (Å²) >= 11 is 11.8. The Kier molecular flexibility index (Phi) is 5.39. The van der Waals surface area contributed by atoms with Crippen LogP contribution in [-0.2, 0) is 21.2 Å². The van der Waals surface area contributed by atoms with Gasteiger partial charge in [-0.1, -0.05) is 35.3 Å². The van der Waals surface area contributed by atoms with Crippen molar-refractivity contribution in [2.75, 3.05) is 5.75 Å². The van der Waals surface area contributed by atoms with Gasteiger partial charge in [-0.3, -0.25) is 4.79 Å². The van der Waals surface area contributed by atoms with Crippen LogP contribution in [0.3, 0.4) is 0 Å². The molecule has 0 bridgehead atoms. The van der Waals surface area contributed by atoms with Crippen molar-refractivity contribution in [2.24, 2.45) is 0 Å². The Bertz CT molecular complexity index is 780. The Morgan fingerprint density at radius 1 is 1.18 bits per heavy atom. The molecule has 0 atom stereocenters. The highest BCUT2D eigenvalue weighted by Gasteiger charge is 2.20. The standard InChI is InChI=1S/C14H12Cl2N2O3S/c15-11-5-4-10(12(16)7-11)8-18-13(19)9-22(20,21)14-3-1-2-6-17-14/h1-7H,8-9H2,(H,18,19). The summed E-state index contributed by atoms with van der Waals surface area (Å²) in [6.07, 6.45) is 1.36. The summed E-state index contributed by atoms with van der Waals surface area (Å²) in [5.74, 6) is -1.30. The van der Waals surface area contributed by atoms with Crippen molar-refractivity contribution in [3.63, 3.8) is 0 Å². The van der Waals surface area contributed by atoms with Crippen LogP contribution in [0.25, 0.3) is 0 Å². The third kappa shape index (κ3) is 4.43. The van der Waals surface area contributed by atoms with E-state index in [2.05, 4.69) is 10.3 Å². The van der Waals surface area contributed by atoms with Crippen molar-refractivity contribution < 1.29 is 13.2 Å². The monoisotopic (exact) mass is 358 g/mol. The highest BCUT2D eigenvalue weighted by molar-refractivity contribution is 7.92. The summed E-state index contributed by atoms with van der Waals surface area (Å²) in [7, 11) is -3.76. The third-order valence-electron chi connectivity index (χ3n) is 2.77. The number of carbonyl (C=O) groups is 1. The lowest BCUT2D eigenvalue weighted by atomic mass is 10.2. The van der Waals surface area contributed by atoms with Crippen LogP contribution >= 0.6 is 23.2 Å². The minimum atomic E-state index is -3.76. The number of benzene rings is 1. The van der Waals surface area contributed by atoms with Crippen molar-refractivity contribution in [2.45, 2.75) is 11.6 Å². The fourth-order valence-corrected chi connectivity index (χ4v) is 3.27. The van der Waals surface area contributed by atoms with E-state index >= 15 is 0 Å². The number of hydrogen-bond acceptors (Lipinski definition) is 4. The second kappa shape index (κ2) is 7.09. The molecule has 1 aromatic carbocycles. The smallest absolute Gasteiger partial charge is 0.235 e. The number of sulfone groups is 1. The molecule has 0 aliphatic heterocycles. The van der Waals surface area contributed by atoms with E-state index < -0.39 is 21.5 Å². The van der Waals surface area contributed by atoms with Gasteiger partial charge in [0.25, 0.3) is 0 Å². The highest BCUT2D eigenvalue weighted by atomic mass is 35.5. The fraction of sp³-hybridized carbons (Fsp3) is 0.143. The molecule has 1 aromatic heterocycles. The molecule has 0 spiro atoms. The van der Waals surface area contributed by atoms with E-state index in [-0.39, 0.29) is 11.6 Å². The maximum absolute atomic E-state index is 12.0. The maximum atomic E-state index is 12.0. The molecule has 0 saturated heterocycles. The number of nitrogens with zero attached hydrogens (tertiary/aromatic N) is 1. The molecule has 22 heavy (non-hydrogen) atoms. The first kappa shape index (κ1) is 16.7. The van der Waals surface area contributed by atoms with Gasteiger partial charge in [-0.25, -0.2) is 13.4 Å². The van der Waals surface area contributed by atoms with Gasteiger partial charge in [0.15, 0.2) is 5.03 Å². The minimum Gasteiger partial charge on any atom is -0.351 e. The Labute approximate surface area is 138 Å². The van der Waals surface area contributed by atoms with E-state index in [4.69, 9.17) is 23.2 Å². The summed E-state index contributed by atoms with van der Waals surface area (Å²) in [4.78, 5) is 15.5. The van der Waals surface area contributed by atoms with E-state index in [1.54, 1.807) is 30.3 Å². The number of nitrogens with one attached hydrogen (secondary N) is 1. The predicted molar refractivity (Wildman–Crippen MR) is 84.6 cm³/mol. The third-order valence-corrected chi connectivity index (χ3v) is 4.88. The fourth-order valence-electron chi connectivity index (χ4n) is 1.69. The van der Waals surface area contributed by atoms with Crippen molar-refractivity contribution in [3.05, 3.63) is 58.2 Å². The Hall–Kier alpha value is -1.63. The van der Waals surface area contributed by atoms with Crippen molar-refractivity contribution >= 4 is 38.9 Å². The van der Waals surface area contributed by atoms with Crippen LogP contribution in [0.1, 0.15) is 5.56 Å². The quantitative estimate of drug-likeness (QED) is 0.890. The minimum absolute atomic E-state index is 0.118. The molecule has 8 heteroatoms. The lowest BCUT2D eigenvalue weighted by molar-refractivity contribution is -0.118. The Balaban J connectivity index is 1.99. The van der Waals surface area contributed by atoms with Gasteiger partial charge < -0.3 is 5.32 Å². The molecule has 2 rings (SSSR count). The zero-order valence-electron chi connectivity index (χ0n) is 11.3. The van der Waals surface area contributed by atoms with Crippen LogP contribution in [-0.4, -0.2) is 25.1 Å². The summed E-state index contributed by atoms with van der Waals surface area (Å²) in [6.45, 7) is 0.118. The second-order valence-corrected chi connectivity index (χ2v) is 7.22. The molecule has 0 radical (unpaired) electrons. The summed E-state index contributed by atoms with van der Waals surface area (Å²) < 4.78 is 24.0. The van der Waals surface area contributed by atoms with E-state index in [0.717, 1.165) is 0 Å². The normalized spacial score (nSPS) is 11.2.